The number of halogens is 2. The number of hydrogen-bond acceptors (Lipinski definition) is 2. The summed E-state index contributed by atoms with van der Waals surface area (Å²) < 4.78 is 41.6. The summed E-state index contributed by atoms with van der Waals surface area (Å²) in [4.78, 5) is 0. The predicted octanol–water partition coefficient (Wildman–Crippen LogP) is 8.24. The Balaban J connectivity index is 1.11. The summed E-state index contributed by atoms with van der Waals surface area (Å²) in [6.07, 6.45) is 15.4. The topological polar surface area (TPSA) is 18.5 Å². The van der Waals surface area contributed by atoms with Crippen LogP contribution in [0.4, 0.5) is 8.78 Å². The lowest BCUT2D eigenvalue weighted by Crippen LogP contribution is -2.47. The van der Waals surface area contributed by atoms with Gasteiger partial charge in [0.25, 0.3) is 0 Å². The lowest BCUT2D eigenvalue weighted by Gasteiger charge is -2.39. The van der Waals surface area contributed by atoms with Crippen LogP contribution in [0.5, 0.6) is 0 Å². The van der Waals surface area contributed by atoms with Gasteiger partial charge < -0.3 is 9.47 Å². The molecule has 196 valence electrons. The molecule has 4 aliphatic rings. The summed E-state index contributed by atoms with van der Waals surface area (Å²) in [7, 11) is 0. The van der Waals surface area contributed by atoms with Crippen molar-refractivity contribution in [2.24, 2.45) is 35.5 Å². The number of allylic oxidation sites excluding steroid dienone is 1. The Morgan fingerprint density at radius 1 is 0.618 bits per heavy atom. The van der Waals surface area contributed by atoms with E-state index in [-0.39, 0.29) is 0 Å². The first-order chi connectivity index (χ1) is 16.6. The van der Waals surface area contributed by atoms with Crippen LogP contribution >= 0.6 is 0 Å². The highest BCUT2D eigenvalue weighted by atomic mass is 19.2. The van der Waals surface area contributed by atoms with Gasteiger partial charge in [-0.15, -0.1) is 6.58 Å². The van der Waals surface area contributed by atoms with Crippen molar-refractivity contribution in [2.45, 2.75) is 128 Å². The SMILES string of the molecule is C=CC1CCC(COC2CCC(OCC3CCC(C4CCC(CC)CC4)CC3)C(F)C2F)CC1. The summed E-state index contributed by atoms with van der Waals surface area (Å²) in [6.45, 7) is 7.39. The van der Waals surface area contributed by atoms with E-state index in [2.05, 4.69) is 13.5 Å². The smallest absolute Gasteiger partial charge is 0.160 e. The molecule has 4 saturated carbocycles. The highest BCUT2D eigenvalue weighted by Gasteiger charge is 2.42. The lowest BCUT2D eigenvalue weighted by atomic mass is 9.69. The monoisotopic (exact) mass is 480 g/mol. The molecule has 0 aliphatic heterocycles. The van der Waals surface area contributed by atoms with Gasteiger partial charge in [-0.3, -0.25) is 0 Å². The maximum atomic E-state index is 14.9. The molecule has 0 aromatic rings. The van der Waals surface area contributed by atoms with Gasteiger partial charge in [-0.1, -0.05) is 32.3 Å². The summed E-state index contributed by atoms with van der Waals surface area (Å²) >= 11 is 0. The maximum Gasteiger partial charge on any atom is 0.160 e. The Morgan fingerprint density at radius 2 is 1.03 bits per heavy atom. The fourth-order valence-electron chi connectivity index (χ4n) is 7.41. The van der Waals surface area contributed by atoms with Crippen LogP contribution in [0.25, 0.3) is 0 Å². The maximum absolute atomic E-state index is 14.9. The second-order valence-corrected chi connectivity index (χ2v) is 12.2. The van der Waals surface area contributed by atoms with Crippen molar-refractivity contribution in [1.29, 1.82) is 0 Å². The predicted molar refractivity (Wildman–Crippen MR) is 135 cm³/mol. The average Bonchev–Trinajstić information content (AvgIpc) is 2.89. The van der Waals surface area contributed by atoms with Gasteiger partial charge >= 0.3 is 0 Å². The number of alkyl halides is 2. The van der Waals surface area contributed by atoms with E-state index in [4.69, 9.17) is 9.47 Å². The molecule has 34 heavy (non-hydrogen) atoms. The molecule has 4 aliphatic carbocycles. The van der Waals surface area contributed by atoms with Crippen LogP contribution in [0.2, 0.25) is 0 Å². The van der Waals surface area contributed by atoms with Crippen molar-refractivity contribution in [3.8, 4) is 0 Å². The summed E-state index contributed by atoms with van der Waals surface area (Å²) in [5, 5.41) is 0. The molecule has 0 heterocycles. The van der Waals surface area contributed by atoms with Crippen molar-refractivity contribution < 1.29 is 18.3 Å². The van der Waals surface area contributed by atoms with Gasteiger partial charge in [0.05, 0.1) is 12.2 Å². The fourth-order valence-corrected chi connectivity index (χ4v) is 7.41. The number of hydrogen-bond donors (Lipinski definition) is 0. The van der Waals surface area contributed by atoms with E-state index in [1.807, 2.05) is 6.08 Å². The van der Waals surface area contributed by atoms with Gasteiger partial charge in [-0.25, -0.2) is 8.78 Å². The van der Waals surface area contributed by atoms with Crippen LogP contribution in [0.3, 0.4) is 0 Å². The first-order valence-electron chi connectivity index (χ1n) is 14.7. The van der Waals surface area contributed by atoms with Crippen molar-refractivity contribution >= 4 is 0 Å². The Morgan fingerprint density at radius 3 is 1.44 bits per heavy atom. The van der Waals surface area contributed by atoms with Gasteiger partial charge in [0.2, 0.25) is 0 Å². The first-order valence-corrected chi connectivity index (χ1v) is 14.7. The molecule has 2 nitrogen and oxygen atoms in total. The summed E-state index contributed by atoms with van der Waals surface area (Å²) in [6, 6.07) is 0. The van der Waals surface area contributed by atoms with Gasteiger partial charge in [0.1, 0.15) is 0 Å². The lowest BCUT2D eigenvalue weighted by molar-refractivity contribution is -0.129. The molecule has 0 radical (unpaired) electrons. The molecule has 4 atom stereocenters. The van der Waals surface area contributed by atoms with E-state index in [0.717, 1.165) is 43.4 Å². The van der Waals surface area contributed by atoms with Crippen LogP contribution < -0.4 is 0 Å². The molecular weight excluding hydrogens is 430 g/mol. The summed E-state index contributed by atoms with van der Waals surface area (Å²) in [5.41, 5.74) is 0. The molecule has 0 aromatic heterocycles. The van der Waals surface area contributed by atoms with Crippen LogP contribution in [0.1, 0.15) is 103 Å². The normalized spacial score (nSPS) is 44.0. The number of ether oxygens (including phenoxy) is 2. The van der Waals surface area contributed by atoms with Crippen LogP contribution in [0.15, 0.2) is 12.7 Å². The Bertz CT molecular complexity index is 589. The van der Waals surface area contributed by atoms with Gasteiger partial charge in [0, 0.05) is 13.2 Å². The minimum atomic E-state index is -1.56. The molecule has 4 heteroatoms. The van der Waals surface area contributed by atoms with E-state index in [1.165, 1.54) is 57.8 Å². The van der Waals surface area contributed by atoms with E-state index >= 15 is 0 Å². The van der Waals surface area contributed by atoms with Crippen molar-refractivity contribution in [1.82, 2.24) is 0 Å². The molecule has 0 saturated heterocycles. The third-order valence-corrected chi connectivity index (χ3v) is 10.1. The van der Waals surface area contributed by atoms with E-state index in [1.54, 1.807) is 0 Å². The molecule has 0 aromatic carbocycles. The number of rotatable bonds is 9. The zero-order valence-electron chi connectivity index (χ0n) is 21.7. The average molecular weight is 481 g/mol. The molecule has 0 amide bonds. The zero-order chi connectivity index (χ0) is 23.9. The summed E-state index contributed by atoms with van der Waals surface area (Å²) in [5.74, 6) is 4.40. The molecular formula is C30H50F2O2. The second kappa shape index (κ2) is 13.2. The quantitative estimate of drug-likeness (QED) is 0.309. The Labute approximate surface area is 207 Å². The highest BCUT2D eigenvalue weighted by molar-refractivity contribution is 4.91. The molecule has 0 bridgehead atoms. The molecule has 0 spiro atoms. The highest BCUT2D eigenvalue weighted by Crippen LogP contribution is 2.42. The van der Waals surface area contributed by atoms with E-state index in [9.17, 15) is 8.78 Å². The Hall–Kier alpha value is -0.480. The zero-order valence-corrected chi connectivity index (χ0v) is 21.7. The van der Waals surface area contributed by atoms with Crippen LogP contribution in [0, 0.1) is 35.5 Å². The standard InChI is InChI=1S/C30H50F2O2/c1-3-21-5-7-23(8-6-21)19-33-27-17-18-28(30(32)29(27)31)34-20-24-11-15-26(16-12-24)25-13-9-22(4-2)10-14-25/h3,21-30H,1,4-20H2,2H3. The molecule has 4 rings (SSSR count). The molecule has 4 fully saturated rings. The second-order valence-electron chi connectivity index (χ2n) is 12.2. The third-order valence-electron chi connectivity index (χ3n) is 10.1. The van der Waals surface area contributed by atoms with Crippen LogP contribution in [-0.2, 0) is 9.47 Å². The van der Waals surface area contributed by atoms with Crippen molar-refractivity contribution in [2.75, 3.05) is 13.2 Å². The fraction of sp³-hybridized carbons (Fsp3) is 0.933. The van der Waals surface area contributed by atoms with Crippen molar-refractivity contribution in [3.63, 3.8) is 0 Å². The van der Waals surface area contributed by atoms with Gasteiger partial charge in [-0.2, -0.15) is 0 Å². The minimum Gasteiger partial charge on any atom is -0.375 e. The molecule has 0 N–H and O–H groups in total. The van der Waals surface area contributed by atoms with E-state index in [0.29, 0.717) is 43.8 Å². The van der Waals surface area contributed by atoms with E-state index < -0.39 is 24.6 Å². The van der Waals surface area contributed by atoms with Gasteiger partial charge in [-0.05, 0) is 113 Å². The van der Waals surface area contributed by atoms with Crippen LogP contribution in [-0.4, -0.2) is 37.8 Å². The van der Waals surface area contributed by atoms with Crippen molar-refractivity contribution in [3.05, 3.63) is 12.7 Å². The Kier molecular flexibility index (Phi) is 10.3. The first kappa shape index (κ1) is 26.6. The largest absolute Gasteiger partial charge is 0.375 e. The minimum absolute atomic E-state index is 0.479. The van der Waals surface area contributed by atoms with Gasteiger partial charge in [0.15, 0.2) is 12.3 Å². The molecule has 4 unspecified atom stereocenters. The third kappa shape index (κ3) is 7.05.